The molecule has 1 saturated carbocycles. The number of nitrogens with one attached hydrogen (secondary N) is 2. The van der Waals surface area contributed by atoms with E-state index in [0.29, 0.717) is 13.0 Å². The van der Waals surface area contributed by atoms with Crippen molar-refractivity contribution in [2.24, 2.45) is 5.41 Å². The van der Waals surface area contributed by atoms with Crippen LogP contribution in [-0.4, -0.2) is 31.2 Å². The average Bonchev–Trinajstić information content (AvgIpc) is 2.81. The van der Waals surface area contributed by atoms with E-state index in [1.165, 1.54) is 0 Å². The van der Waals surface area contributed by atoms with Crippen LogP contribution in [0.4, 0.5) is 13.2 Å². The second-order valence-electron chi connectivity index (χ2n) is 4.24. The molecule has 0 aromatic carbocycles. The Bertz CT molecular complexity index is 267. The van der Waals surface area contributed by atoms with Gasteiger partial charge in [0.1, 0.15) is 5.41 Å². The molecular formula is C9H13F3N2O. The summed E-state index contributed by atoms with van der Waals surface area (Å²) in [5.41, 5.74) is -2.07. The molecular weight excluding hydrogens is 209 g/mol. The molecule has 86 valence electrons. The molecule has 1 heterocycles. The fourth-order valence-corrected chi connectivity index (χ4v) is 1.87. The third-order valence-corrected chi connectivity index (χ3v) is 3.12. The van der Waals surface area contributed by atoms with Gasteiger partial charge in [-0.2, -0.15) is 13.2 Å². The summed E-state index contributed by atoms with van der Waals surface area (Å²) in [5, 5.41) is 5.46. The fourth-order valence-electron chi connectivity index (χ4n) is 1.87. The molecule has 6 heteroatoms. The predicted molar refractivity (Wildman–Crippen MR) is 47.1 cm³/mol. The maximum absolute atomic E-state index is 12.5. The molecule has 15 heavy (non-hydrogen) atoms. The molecule has 0 aromatic rings. The van der Waals surface area contributed by atoms with Gasteiger partial charge < -0.3 is 10.6 Å². The lowest BCUT2D eigenvalue weighted by atomic mass is 10.1. The smallest absolute Gasteiger partial charge is 0.351 e. The molecule has 2 fully saturated rings. The van der Waals surface area contributed by atoms with Crippen molar-refractivity contribution < 1.29 is 18.0 Å². The molecule has 1 atom stereocenters. The van der Waals surface area contributed by atoms with E-state index in [-0.39, 0.29) is 18.9 Å². The van der Waals surface area contributed by atoms with Gasteiger partial charge in [0.25, 0.3) is 0 Å². The normalized spacial score (nSPS) is 28.9. The molecule has 0 radical (unpaired) electrons. The predicted octanol–water partition coefficient (Wildman–Crippen LogP) is 0.807. The van der Waals surface area contributed by atoms with Gasteiger partial charge in [-0.15, -0.1) is 0 Å². The molecule has 2 aliphatic rings. The van der Waals surface area contributed by atoms with Crippen LogP contribution in [0.2, 0.25) is 0 Å². The molecule has 1 aliphatic carbocycles. The van der Waals surface area contributed by atoms with Crippen molar-refractivity contribution in [3.8, 4) is 0 Å². The van der Waals surface area contributed by atoms with Crippen LogP contribution in [0.25, 0.3) is 0 Å². The number of hydrogen-bond donors (Lipinski definition) is 2. The Kier molecular flexibility index (Phi) is 2.41. The van der Waals surface area contributed by atoms with E-state index in [9.17, 15) is 18.0 Å². The second-order valence-corrected chi connectivity index (χ2v) is 4.24. The van der Waals surface area contributed by atoms with Crippen molar-refractivity contribution in [2.45, 2.75) is 31.5 Å². The standard InChI is InChI=1S/C9H13F3N2O/c10-9(11,12)8(2-3-8)7(15)14-6-1-4-13-5-6/h6,13H,1-5H2,(H,14,15)/t6-/m1/s1. The quantitative estimate of drug-likeness (QED) is 0.725. The Labute approximate surface area is 85.4 Å². The molecule has 0 bridgehead atoms. The third kappa shape index (κ3) is 1.82. The topological polar surface area (TPSA) is 41.1 Å². The summed E-state index contributed by atoms with van der Waals surface area (Å²) in [5.74, 6) is -0.844. The lowest BCUT2D eigenvalue weighted by Crippen LogP contribution is -2.46. The van der Waals surface area contributed by atoms with Crippen molar-refractivity contribution in [1.82, 2.24) is 10.6 Å². The molecule has 1 amide bonds. The number of carbonyl (C=O) groups is 1. The lowest BCUT2D eigenvalue weighted by molar-refractivity contribution is -0.192. The van der Waals surface area contributed by atoms with Crippen molar-refractivity contribution in [3.05, 3.63) is 0 Å². The first-order valence-corrected chi connectivity index (χ1v) is 5.04. The lowest BCUT2D eigenvalue weighted by Gasteiger charge is -2.20. The van der Waals surface area contributed by atoms with Crippen molar-refractivity contribution in [3.63, 3.8) is 0 Å². The largest absolute Gasteiger partial charge is 0.403 e. The van der Waals surface area contributed by atoms with Crippen LogP contribution in [0.5, 0.6) is 0 Å². The van der Waals surface area contributed by atoms with E-state index < -0.39 is 17.5 Å². The molecule has 0 unspecified atom stereocenters. The SMILES string of the molecule is O=C(N[C@@H]1CCNC1)C1(C(F)(F)F)CC1. The van der Waals surface area contributed by atoms with Crippen molar-refractivity contribution in [2.75, 3.05) is 13.1 Å². The summed E-state index contributed by atoms with van der Waals surface area (Å²) in [6.45, 7) is 1.32. The highest BCUT2D eigenvalue weighted by Gasteiger charge is 2.68. The first-order chi connectivity index (χ1) is 6.96. The zero-order chi connectivity index (χ0) is 11.1. The number of hydrogen-bond acceptors (Lipinski definition) is 2. The highest BCUT2D eigenvalue weighted by atomic mass is 19.4. The monoisotopic (exact) mass is 222 g/mol. The third-order valence-electron chi connectivity index (χ3n) is 3.12. The zero-order valence-corrected chi connectivity index (χ0v) is 8.16. The minimum Gasteiger partial charge on any atom is -0.351 e. The van der Waals surface area contributed by atoms with Crippen LogP contribution in [0.3, 0.4) is 0 Å². The van der Waals surface area contributed by atoms with E-state index in [0.717, 1.165) is 6.54 Å². The molecule has 1 saturated heterocycles. The number of carbonyl (C=O) groups excluding carboxylic acids is 1. The maximum Gasteiger partial charge on any atom is 0.403 e. The van der Waals surface area contributed by atoms with Gasteiger partial charge in [0.2, 0.25) is 5.91 Å². The first kappa shape index (κ1) is 10.7. The highest BCUT2D eigenvalue weighted by molar-refractivity contribution is 5.86. The van der Waals surface area contributed by atoms with Crippen molar-refractivity contribution >= 4 is 5.91 Å². The highest BCUT2D eigenvalue weighted by Crippen LogP contribution is 2.57. The molecule has 0 spiro atoms. The van der Waals surface area contributed by atoms with Gasteiger partial charge in [0, 0.05) is 12.6 Å². The van der Waals surface area contributed by atoms with Gasteiger partial charge in [0.15, 0.2) is 0 Å². The Morgan fingerprint density at radius 1 is 1.40 bits per heavy atom. The van der Waals surface area contributed by atoms with Gasteiger partial charge in [0.05, 0.1) is 0 Å². The van der Waals surface area contributed by atoms with Crippen LogP contribution in [0.1, 0.15) is 19.3 Å². The van der Waals surface area contributed by atoms with Gasteiger partial charge in [-0.1, -0.05) is 0 Å². The van der Waals surface area contributed by atoms with Gasteiger partial charge in [-0.25, -0.2) is 0 Å². The van der Waals surface area contributed by atoms with Gasteiger partial charge in [-0.3, -0.25) is 4.79 Å². The van der Waals surface area contributed by atoms with Crippen LogP contribution >= 0.6 is 0 Å². The minimum atomic E-state index is -4.40. The summed E-state index contributed by atoms with van der Waals surface area (Å²) >= 11 is 0. The number of alkyl halides is 3. The summed E-state index contributed by atoms with van der Waals surface area (Å²) in [4.78, 5) is 11.5. The van der Waals surface area contributed by atoms with E-state index in [1.54, 1.807) is 0 Å². The van der Waals surface area contributed by atoms with Crippen molar-refractivity contribution in [1.29, 1.82) is 0 Å². The van der Waals surface area contributed by atoms with Crippen LogP contribution in [-0.2, 0) is 4.79 Å². The van der Waals surface area contributed by atoms with E-state index in [1.807, 2.05) is 0 Å². The van der Waals surface area contributed by atoms with Gasteiger partial charge >= 0.3 is 6.18 Å². The molecule has 2 N–H and O–H groups in total. The Hall–Kier alpha value is -0.780. The molecule has 0 aromatic heterocycles. The number of amides is 1. The second kappa shape index (κ2) is 3.37. The van der Waals surface area contributed by atoms with Crippen LogP contribution in [0.15, 0.2) is 0 Å². The number of halogens is 3. The summed E-state index contributed by atoms with van der Waals surface area (Å²) in [6, 6.07) is -0.141. The van der Waals surface area contributed by atoms with Crippen LogP contribution < -0.4 is 10.6 Å². The first-order valence-electron chi connectivity index (χ1n) is 5.04. The summed E-state index contributed by atoms with van der Waals surface area (Å²) < 4.78 is 37.6. The Morgan fingerprint density at radius 3 is 2.47 bits per heavy atom. The Balaban J connectivity index is 1.96. The number of rotatable bonds is 2. The van der Waals surface area contributed by atoms with Crippen LogP contribution in [0, 0.1) is 5.41 Å². The summed E-state index contributed by atoms with van der Waals surface area (Å²) in [6.07, 6.45) is -3.83. The van der Waals surface area contributed by atoms with E-state index in [2.05, 4.69) is 10.6 Å². The average molecular weight is 222 g/mol. The maximum atomic E-state index is 12.5. The van der Waals surface area contributed by atoms with E-state index in [4.69, 9.17) is 0 Å². The molecule has 2 rings (SSSR count). The Morgan fingerprint density at radius 2 is 2.07 bits per heavy atom. The summed E-state index contributed by atoms with van der Waals surface area (Å²) in [7, 11) is 0. The zero-order valence-electron chi connectivity index (χ0n) is 8.16. The fraction of sp³-hybridized carbons (Fsp3) is 0.889. The van der Waals surface area contributed by atoms with E-state index >= 15 is 0 Å². The van der Waals surface area contributed by atoms with Gasteiger partial charge in [-0.05, 0) is 25.8 Å². The molecule has 1 aliphatic heterocycles. The minimum absolute atomic E-state index is 0.0670. The molecule has 3 nitrogen and oxygen atoms in total.